The standard InChI is InChI=1S/C23H12Cl3F3O3/c24-14-4-1-12(2-5-14)20-21(30)17-8-7-16(10-19(17)32-22(20)23(27,28)29)31-11-13-3-6-15(25)9-18(13)26/h1-10H,11H2. The van der Waals surface area contributed by atoms with Gasteiger partial charge in [-0.2, -0.15) is 13.2 Å². The average Bonchev–Trinajstić information content (AvgIpc) is 2.73. The van der Waals surface area contributed by atoms with Gasteiger partial charge in [-0.1, -0.05) is 53.0 Å². The van der Waals surface area contributed by atoms with Gasteiger partial charge < -0.3 is 9.15 Å². The van der Waals surface area contributed by atoms with Crippen LogP contribution < -0.4 is 10.2 Å². The molecular formula is C23H12Cl3F3O3. The van der Waals surface area contributed by atoms with Gasteiger partial charge in [0, 0.05) is 26.7 Å². The van der Waals surface area contributed by atoms with E-state index in [9.17, 15) is 18.0 Å². The van der Waals surface area contributed by atoms with Gasteiger partial charge in [-0.3, -0.25) is 4.79 Å². The number of rotatable bonds is 4. The first-order valence-corrected chi connectivity index (χ1v) is 10.3. The zero-order valence-corrected chi connectivity index (χ0v) is 18.2. The van der Waals surface area contributed by atoms with Gasteiger partial charge in [-0.05, 0) is 42.0 Å². The van der Waals surface area contributed by atoms with E-state index in [1.165, 1.54) is 42.5 Å². The molecule has 1 heterocycles. The fourth-order valence-electron chi connectivity index (χ4n) is 3.14. The largest absolute Gasteiger partial charge is 0.489 e. The Balaban J connectivity index is 1.77. The van der Waals surface area contributed by atoms with Crippen molar-refractivity contribution in [3.63, 3.8) is 0 Å². The Hall–Kier alpha value is -2.67. The molecule has 3 nitrogen and oxygen atoms in total. The molecule has 0 N–H and O–H groups in total. The average molecular weight is 500 g/mol. The van der Waals surface area contributed by atoms with Crippen LogP contribution in [0.15, 0.2) is 69.9 Å². The third-order valence-electron chi connectivity index (χ3n) is 4.66. The molecule has 0 saturated carbocycles. The number of hydrogen-bond donors (Lipinski definition) is 0. The van der Waals surface area contributed by atoms with Crippen molar-refractivity contribution < 1.29 is 22.3 Å². The molecule has 1 aromatic heterocycles. The van der Waals surface area contributed by atoms with Crippen molar-refractivity contribution in [1.82, 2.24) is 0 Å². The third kappa shape index (κ3) is 4.58. The van der Waals surface area contributed by atoms with E-state index < -0.39 is 22.9 Å². The van der Waals surface area contributed by atoms with Crippen molar-refractivity contribution >= 4 is 45.8 Å². The van der Waals surface area contributed by atoms with Crippen LogP contribution in [0.1, 0.15) is 11.3 Å². The van der Waals surface area contributed by atoms with Crippen molar-refractivity contribution in [2.45, 2.75) is 12.8 Å². The van der Waals surface area contributed by atoms with Gasteiger partial charge in [-0.25, -0.2) is 0 Å². The maximum absolute atomic E-state index is 13.8. The summed E-state index contributed by atoms with van der Waals surface area (Å²) < 4.78 is 52.1. The number of halogens is 6. The van der Waals surface area contributed by atoms with E-state index >= 15 is 0 Å². The minimum Gasteiger partial charge on any atom is -0.489 e. The molecule has 0 bridgehead atoms. The van der Waals surface area contributed by atoms with Crippen LogP contribution in [0.25, 0.3) is 22.1 Å². The predicted octanol–water partition coefficient (Wildman–Crippen LogP) is 8.02. The number of alkyl halides is 3. The molecule has 0 radical (unpaired) electrons. The molecule has 0 fully saturated rings. The number of fused-ring (bicyclic) bond motifs is 1. The highest BCUT2D eigenvalue weighted by molar-refractivity contribution is 6.35. The summed E-state index contributed by atoms with van der Waals surface area (Å²) in [6, 6.07) is 14.4. The van der Waals surface area contributed by atoms with E-state index in [4.69, 9.17) is 44.0 Å². The first-order chi connectivity index (χ1) is 15.1. The molecule has 9 heteroatoms. The molecular weight excluding hydrogens is 488 g/mol. The SMILES string of the molecule is O=c1c(-c2ccc(Cl)cc2)c(C(F)(F)F)oc2cc(OCc3ccc(Cl)cc3Cl)ccc12. The van der Waals surface area contributed by atoms with E-state index in [1.807, 2.05) is 0 Å². The van der Waals surface area contributed by atoms with Crippen LogP contribution in [0.4, 0.5) is 13.2 Å². The van der Waals surface area contributed by atoms with Crippen LogP contribution in [0, 0.1) is 0 Å². The van der Waals surface area contributed by atoms with Crippen molar-refractivity contribution in [3.05, 3.63) is 97.3 Å². The fraction of sp³-hybridized carbons (Fsp3) is 0.0870. The summed E-state index contributed by atoms with van der Waals surface area (Å²) in [5.41, 5.74) is -0.960. The topological polar surface area (TPSA) is 39.4 Å². The highest BCUT2D eigenvalue weighted by atomic mass is 35.5. The summed E-state index contributed by atoms with van der Waals surface area (Å²) >= 11 is 17.8. The summed E-state index contributed by atoms with van der Waals surface area (Å²) in [5.74, 6) is -1.19. The van der Waals surface area contributed by atoms with Gasteiger partial charge in [-0.15, -0.1) is 0 Å². The van der Waals surface area contributed by atoms with Gasteiger partial charge in [0.2, 0.25) is 11.2 Å². The fourth-order valence-corrected chi connectivity index (χ4v) is 3.73. The van der Waals surface area contributed by atoms with Crippen molar-refractivity contribution in [1.29, 1.82) is 0 Å². The van der Waals surface area contributed by atoms with Crippen LogP contribution in [0.5, 0.6) is 5.75 Å². The second-order valence-electron chi connectivity index (χ2n) is 6.82. The summed E-state index contributed by atoms with van der Waals surface area (Å²) in [7, 11) is 0. The van der Waals surface area contributed by atoms with Crippen LogP contribution in [0.2, 0.25) is 15.1 Å². The van der Waals surface area contributed by atoms with Gasteiger partial charge in [0.25, 0.3) is 0 Å². The quantitative estimate of drug-likeness (QED) is 0.285. The molecule has 0 aliphatic heterocycles. The lowest BCUT2D eigenvalue weighted by Crippen LogP contribution is -2.16. The molecule has 32 heavy (non-hydrogen) atoms. The van der Waals surface area contributed by atoms with Crippen molar-refractivity contribution in [3.8, 4) is 16.9 Å². The lowest BCUT2D eigenvalue weighted by molar-refractivity contribution is -0.152. The summed E-state index contributed by atoms with van der Waals surface area (Å²) in [4.78, 5) is 13.0. The van der Waals surface area contributed by atoms with Gasteiger partial charge in [0.05, 0.1) is 10.9 Å². The molecule has 4 aromatic rings. The van der Waals surface area contributed by atoms with E-state index in [2.05, 4.69) is 0 Å². The molecule has 3 aromatic carbocycles. The van der Waals surface area contributed by atoms with Gasteiger partial charge in [0.1, 0.15) is 17.9 Å². The number of ether oxygens (including phenoxy) is 1. The number of benzene rings is 3. The van der Waals surface area contributed by atoms with Crippen molar-refractivity contribution in [2.24, 2.45) is 0 Å². The van der Waals surface area contributed by atoms with Gasteiger partial charge in [0.15, 0.2) is 0 Å². The lowest BCUT2D eigenvalue weighted by Gasteiger charge is -2.14. The minimum absolute atomic E-state index is 0.0141. The zero-order chi connectivity index (χ0) is 23.0. The maximum atomic E-state index is 13.8. The Morgan fingerprint density at radius 2 is 1.56 bits per heavy atom. The predicted molar refractivity (Wildman–Crippen MR) is 119 cm³/mol. The van der Waals surface area contributed by atoms with Crippen LogP contribution >= 0.6 is 34.8 Å². The normalized spacial score (nSPS) is 11.7. The van der Waals surface area contributed by atoms with E-state index in [-0.39, 0.29) is 28.9 Å². The highest BCUT2D eigenvalue weighted by Crippen LogP contribution is 2.38. The van der Waals surface area contributed by atoms with Crippen LogP contribution in [-0.4, -0.2) is 0 Å². The first kappa shape index (κ1) is 22.5. The Labute approximate surface area is 194 Å². The Kier molecular flexibility index (Phi) is 6.12. The first-order valence-electron chi connectivity index (χ1n) is 9.14. The Morgan fingerprint density at radius 1 is 0.875 bits per heavy atom. The molecule has 0 unspecified atom stereocenters. The third-order valence-corrected chi connectivity index (χ3v) is 5.50. The monoisotopic (exact) mass is 498 g/mol. The number of hydrogen-bond acceptors (Lipinski definition) is 3. The molecule has 0 aliphatic carbocycles. The molecule has 0 amide bonds. The molecule has 0 aliphatic rings. The van der Waals surface area contributed by atoms with E-state index in [1.54, 1.807) is 18.2 Å². The van der Waals surface area contributed by atoms with Crippen LogP contribution in [-0.2, 0) is 12.8 Å². The molecule has 164 valence electrons. The summed E-state index contributed by atoms with van der Waals surface area (Å²) in [6.45, 7) is 0.0424. The summed E-state index contributed by atoms with van der Waals surface area (Å²) in [5, 5.41) is 1.16. The second kappa shape index (κ2) is 8.70. The molecule has 0 spiro atoms. The lowest BCUT2D eigenvalue weighted by atomic mass is 10.0. The highest BCUT2D eigenvalue weighted by Gasteiger charge is 2.39. The molecule has 0 atom stereocenters. The van der Waals surface area contributed by atoms with Gasteiger partial charge >= 0.3 is 6.18 Å². The molecule has 4 rings (SSSR count). The minimum atomic E-state index is -4.89. The maximum Gasteiger partial charge on any atom is 0.450 e. The van der Waals surface area contributed by atoms with Crippen LogP contribution in [0.3, 0.4) is 0 Å². The second-order valence-corrected chi connectivity index (χ2v) is 8.10. The zero-order valence-electron chi connectivity index (χ0n) is 16.0. The van der Waals surface area contributed by atoms with Crippen molar-refractivity contribution in [2.75, 3.05) is 0 Å². The smallest absolute Gasteiger partial charge is 0.450 e. The van der Waals surface area contributed by atoms with E-state index in [0.717, 1.165) is 0 Å². The Morgan fingerprint density at radius 3 is 2.22 bits per heavy atom. The Bertz CT molecular complexity index is 1360. The summed E-state index contributed by atoms with van der Waals surface area (Å²) in [6.07, 6.45) is -4.89. The van der Waals surface area contributed by atoms with E-state index in [0.29, 0.717) is 20.6 Å². The molecule has 0 saturated heterocycles.